The Kier molecular flexibility index (Phi) is 5.90. The molecule has 0 spiro atoms. The second-order valence-electron chi connectivity index (χ2n) is 5.98. The second-order valence-corrected chi connectivity index (χ2v) is 7.03. The van der Waals surface area contributed by atoms with E-state index in [0.717, 1.165) is 11.1 Å². The van der Waals surface area contributed by atoms with Crippen molar-refractivity contribution >= 4 is 22.5 Å². The van der Waals surface area contributed by atoms with Crippen molar-refractivity contribution in [2.75, 3.05) is 12.4 Å². The molecule has 0 N–H and O–H groups in total. The van der Waals surface area contributed by atoms with Crippen LogP contribution in [0.2, 0.25) is 0 Å². The van der Waals surface area contributed by atoms with E-state index < -0.39 is 6.61 Å². The average Bonchev–Trinajstić information content (AvgIpc) is 3.20. The second kappa shape index (κ2) is 8.91. The zero-order valence-electron chi connectivity index (χ0n) is 15.1. The molecule has 0 fully saturated rings. The van der Waals surface area contributed by atoms with Gasteiger partial charge in [-0.05, 0) is 47.2 Å². The van der Waals surface area contributed by atoms with Crippen LogP contribution in [0.4, 0.5) is 8.78 Å². The average molecular weight is 414 g/mol. The summed E-state index contributed by atoms with van der Waals surface area (Å²) in [6, 6.07) is 20.1. The Morgan fingerprint density at radius 1 is 0.897 bits per heavy atom. The number of aromatic nitrogens is 2. The standard InChI is InChI=1S/C21H16F2N2O3S/c22-20(23)27-17-8-6-15(7-9-17)19-24-25-21(28-19)29-12-11-26-18-10-5-14-3-1-2-4-16(14)13-18/h1-10,13,20H,11-12H2. The van der Waals surface area contributed by atoms with Gasteiger partial charge in [0.05, 0.1) is 6.61 Å². The van der Waals surface area contributed by atoms with Gasteiger partial charge < -0.3 is 13.9 Å². The van der Waals surface area contributed by atoms with E-state index in [1.54, 1.807) is 12.1 Å². The van der Waals surface area contributed by atoms with E-state index in [2.05, 4.69) is 21.0 Å². The maximum Gasteiger partial charge on any atom is 0.387 e. The number of hydrogen-bond donors (Lipinski definition) is 0. The summed E-state index contributed by atoms with van der Waals surface area (Å²) < 4.78 is 40.1. The van der Waals surface area contributed by atoms with Gasteiger partial charge in [0, 0.05) is 11.3 Å². The normalized spacial score (nSPS) is 11.1. The van der Waals surface area contributed by atoms with Crippen molar-refractivity contribution in [3.63, 3.8) is 0 Å². The summed E-state index contributed by atoms with van der Waals surface area (Å²) in [6.07, 6.45) is 0. The van der Waals surface area contributed by atoms with Crippen LogP contribution in [0.1, 0.15) is 0 Å². The highest BCUT2D eigenvalue weighted by atomic mass is 32.2. The summed E-state index contributed by atoms with van der Waals surface area (Å²) in [5.74, 6) is 1.83. The summed E-state index contributed by atoms with van der Waals surface area (Å²) in [7, 11) is 0. The Bertz CT molecular complexity index is 1090. The summed E-state index contributed by atoms with van der Waals surface area (Å²) in [5.41, 5.74) is 0.623. The molecular formula is C21H16F2N2O3S. The molecule has 0 bridgehead atoms. The lowest BCUT2D eigenvalue weighted by Gasteiger charge is -2.06. The van der Waals surface area contributed by atoms with E-state index in [1.807, 2.05) is 36.4 Å². The predicted octanol–water partition coefficient (Wildman–Crippen LogP) is 5.66. The first-order valence-corrected chi connectivity index (χ1v) is 9.79. The Morgan fingerprint density at radius 3 is 2.45 bits per heavy atom. The fraction of sp³-hybridized carbons (Fsp3) is 0.143. The van der Waals surface area contributed by atoms with Crippen LogP contribution in [0, 0.1) is 0 Å². The molecule has 0 aliphatic carbocycles. The molecule has 4 rings (SSSR count). The largest absolute Gasteiger partial charge is 0.493 e. The van der Waals surface area contributed by atoms with Crippen LogP contribution in [0.25, 0.3) is 22.2 Å². The highest BCUT2D eigenvalue weighted by Gasteiger charge is 2.10. The molecule has 8 heteroatoms. The molecule has 3 aromatic carbocycles. The Morgan fingerprint density at radius 2 is 1.66 bits per heavy atom. The Labute approximate surface area is 169 Å². The van der Waals surface area contributed by atoms with Gasteiger partial charge in [0.25, 0.3) is 5.22 Å². The van der Waals surface area contributed by atoms with Crippen molar-refractivity contribution < 1.29 is 22.7 Å². The van der Waals surface area contributed by atoms with Crippen molar-refractivity contribution in [3.8, 4) is 23.0 Å². The molecule has 0 unspecified atom stereocenters. The predicted molar refractivity (Wildman–Crippen MR) is 107 cm³/mol. The van der Waals surface area contributed by atoms with Gasteiger partial charge in [-0.2, -0.15) is 8.78 Å². The Balaban J connectivity index is 1.29. The summed E-state index contributed by atoms with van der Waals surface area (Å²) in [5, 5.41) is 10.7. The van der Waals surface area contributed by atoms with Crippen LogP contribution in [-0.2, 0) is 0 Å². The maximum absolute atomic E-state index is 12.2. The van der Waals surface area contributed by atoms with Gasteiger partial charge in [-0.15, -0.1) is 10.2 Å². The van der Waals surface area contributed by atoms with Gasteiger partial charge in [-0.25, -0.2) is 0 Å². The van der Waals surface area contributed by atoms with Crippen LogP contribution in [0.5, 0.6) is 11.5 Å². The van der Waals surface area contributed by atoms with E-state index in [-0.39, 0.29) is 5.75 Å². The lowest BCUT2D eigenvalue weighted by atomic mass is 10.1. The minimum absolute atomic E-state index is 0.0729. The van der Waals surface area contributed by atoms with Crippen molar-refractivity contribution in [1.82, 2.24) is 10.2 Å². The summed E-state index contributed by atoms with van der Waals surface area (Å²) >= 11 is 1.38. The SMILES string of the molecule is FC(F)Oc1ccc(-c2nnc(SCCOc3ccc4ccccc4c3)o2)cc1. The number of ether oxygens (including phenoxy) is 2. The molecule has 0 amide bonds. The molecule has 148 valence electrons. The maximum atomic E-state index is 12.2. The van der Waals surface area contributed by atoms with Crippen molar-refractivity contribution in [3.05, 3.63) is 66.7 Å². The molecule has 0 saturated heterocycles. The molecule has 0 radical (unpaired) electrons. The fourth-order valence-corrected chi connectivity index (χ4v) is 3.29. The lowest BCUT2D eigenvalue weighted by Crippen LogP contribution is -2.01. The van der Waals surface area contributed by atoms with E-state index in [9.17, 15) is 8.78 Å². The Hall–Kier alpha value is -3.13. The number of rotatable bonds is 8. The van der Waals surface area contributed by atoms with Crippen LogP contribution < -0.4 is 9.47 Å². The van der Waals surface area contributed by atoms with Crippen molar-refractivity contribution in [1.29, 1.82) is 0 Å². The quantitative estimate of drug-likeness (QED) is 0.274. The third-order valence-corrected chi connectivity index (χ3v) is 4.81. The zero-order chi connectivity index (χ0) is 20.1. The number of thioether (sulfide) groups is 1. The molecule has 4 aromatic rings. The first kappa shape index (κ1) is 19.2. The van der Waals surface area contributed by atoms with Crippen LogP contribution >= 0.6 is 11.8 Å². The monoisotopic (exact) mass is 414 g/mol. The molecule has 0 aliphatic heterocycles. The fourth-order valence-electron chi connectivity index (χ4n) is 2.71. The van der Waals surface area contributed by atoms with Crippen LogP contribution in [-0.4, -0.2) is 29.2 Å². The van der Waals surface area contributed by atoms with Gasteiger partial charge in [0.15, 0.2) is 0 Å². The zero-order valence-corrected chi connectivity index (χ0v) is 15.9. The molecule has 0 aliphatic rings. The third-order valence-electron chi connectivity index (χ3n) is 4.03. The highest BCUT2D eigenvalue weighted by molar-refractivity contribution is 7.99. The first-order chi connectivity index (χ1) is 14.2. The number of halogens is 2. The smallest absolute Gasteiger partial charge is 0.387 e. The highest BCUT2D eigenvalue weighted by Crippen LogP contribution is 2.26. The molecule has 29 heavy (non-hydrogen) atoms. The van der Waals surface area contributed by atoms with Gasteiger partial charge in [-0.3, -0.25) is 0 Å². The molecule has 1 aromatic heterocycles. The third kappa shape index (κ3) is 5.03. The van der Waals surface area contributed by atoms with Crippen LogP contribution in [0.15, 0.2) is 76.4 Å². The molecular weight excluding hydrogens is 398 g/mol. The number of hydrogen-bond acceptors (Lipinski definition) is 6. The lowest BCUT2D eigenvalue weighted by molar-refractivity contribution is -0.0498. The van der Waals surface area contributed by atoms with Crippen molar-refractivity contribution in [2.24, 2.45) is 0 Å². The van der Waals surface area contributed by atoms with Gasteiger partial charge in [0.2, 0.25) is 5.89 Å². The number of fused-ring (bicyclic) bond motifs is 1. The van der Waals surface area contributed by atoms with E-state index in [0.29, 0.717) is 29.0 Å². The molecule has 1 heterocycles. The van der Waals surface area contributed by atoms with Gasteiger partial charge in [0.1, 0.15) is 11.5 Å². The molecule has 0 saturated carbocycles. The summed E-state index contributed by atoms with van der Waals surface area (Å²) in [4.78, 5) is 0. The van der Waals surface area contributed by atoms with E-state index in [1.165, 1.54) is 29.3 Å². The van der Waals surface area contributed by atoms with Gasteiger partial charge in [-0.1, -0.05) is 42.1 Å². The number of nitrogens with zero attached hydrogens (tertiary/aromatic N) is 2. The summed E-state index contributed by atoms with van der Waals surface area (Å²) in [6.45, 7) is -2.37. The van der Waals surface area contributed by atoms with Crippen LogP contribution in [0.3, 0.4) is 0 Å². The minimum atomic E-state index is -2.86. The number of alkyl halides is 2. The minimum Gasteiger partial charge on any atom is -0.493 e. The van der Waals surface area contributed by atoms with E-state index in [4.69, 9.17) is 9.15 Å². The number of benzene rings is 3. The molecule has 5 nitrogen and oxygen atoms in total. The van der Waals surface area contributed by atoms with Crippen molar-refractivity contribution in [2.45, 2.75) is 11.8 Å². The van der Waals surface area contributed by atoms with Gasteiger partial charge >= 0.3 is 6.61 Å². The first-order valence-electron chi connectivity index (χ1n) is 8.80. The van der Waals surface area contributed by atoms with E-state index >= 15 is 0 Å². The topological polar surface area (TPSA) is 57.4 Å². The molecule has 0 atom stereocenters.